The Kier molecular flexibility index (Phi) is 2.65. The van der Waals surface area contributed by atoms with Crippen molar-refractivity contribution in [2.24, 2.45) is 0 Å². The Bertz CT molecular complexity index is 601. The fraction of sp³-hybridized carbons (Fsp3) is 0.571. The van der Waals surface area contributed by atoms with Crippen molar-refractivity contribution in [3.05, 3.63) is 23.5 Å². The average molecular weight is 258 g/mol. The third-order valence-corrected chi connectivity index (χ3v) is 4.14. The largest absolute Gasteiger partial charge is 0.378 e. The molecule has 2 aromatic rings. The van der Waals surface area contributed by atoms with E-state index >= 15 is 0 Å². The van der Waals surface area contributed by atoms with Crippen LogP contribution in [0.2, 0.25) is 0 Å². The molecule has 0 radical (unpaired) electrons. The van der Waals surface area contributed by atoms with Gasteiger partial charge in [0.05, 0.1) is 13.2 Å². The minimum Gasteiger partial charge on any atom is -0.378 e. The predicted molar refractivity (Wildman–Crippen MR) is 72.7 cm³/mol. The zero-order chi connectivity index (χ0) is 12.7. The van der Waals surface area contributed by atoms with E-state index in [0.29, 0.717) is 0 Å². The molecule has 0 unspecified atom stereocenters. The third kappa shape index (κ3) is 1.80. The first-order valence-corrected chi connectivity index (χ1v) is 7.11. The van der Waals surface area contributed by atoms with E-state index < -0.39 is 0 Å². The van der Waals surface area contributed by atoms with Gasteiger partial charge >= 0.3 is 0 Å². The van der Waals surface area contributed by atoms with E-state index in [1.807, 2.05) is 16.9 Å². The summed E-state index contributed by atoms with van der Waals surface area (Å²) in [5.74, 6) is 1.16. The van der Waals surface area contributed by atoms with Crippen molar-refractivity contribution in [1.29, 1.82) is 0 Å². The maximum atomic E-state index is 5.45. The van der Waals surface area contributed by atoms with Crippen LogP contribution >= 0.6 is 0 Å². The lowest BCUT2D eigenvalue weighted by atomic mass is 9.92. The van der Waals surface area contributed by atoms with Crippen molar-refractivity contribution in [2.75, 3.05) is 31.2 Å². The molecule has 4 rings (SSSR count). The van der Waals surface area contributed by atoms with Gasteiger partial charge in [0.25, 0.3) is 0 Å². The quantitative estimate of drug-likeness (QED) is 0.776. The van der Waals surface area contributed by atoms with Gasteiger partial charge in [-0.1, -0.05) is 0 Å². The normalized spacial score (nSPS) is 19.7. The molecule has 5 nitrogen and oxygen atoms in total. The molecular formula is C14H18N4O. The number of aryl methyl sites for hydroxylation is 1. The number of hydrogen-bond donors (Lipinski definition) is 0. The number of ether oxygens (including phenoxy) is 1. The molecule has 1 fully saturated rings. The molecule has 0 aromatic carbocycles. The first-order valence-electron chi connectivity index (χ1n) is 7.11. The second kappa shape index (κ2) is 4.49. The van der Waals surface area contributed by atoms with Gasteiger partial charge in [-0.2, -0.15) is 0 Å². The van der Waals surface area contributed by atoms with Crippen molar-refractivity contribution >= 4 is 11.5 Å². The fourth-order valence-corrected chi connectivity index (χ4v) is 3.18. The molecule has 3 heterocycles. The number of fused-ring (bicyclic) bond motifs is 3. The third-order valence-electron chi connectivity index (χ3n) is 4.14. The SMILES string of the molecule is c1cn2nc(N3CCOCC3)c3c(c2n1)CCCC3. The van der Waals surface area contributed by atoms with Crippen LogP contribution in [-0.2, 0) is 17.6 Å². The molecule has 0 bridgehead atoms. The van der Waals surface area contributed by atoms with Crippen molar-refractivity contribution < 1.29 is 4.74 Å². The number of aromatic nitrogens is 3. The van der Waals surface area contributed by atoms with Gasteiger partial charge in [-0.3, -0.25) is 0 Å². The zero-order valence-electron chi connectivity index (χ0n) is 11.0. The summed E-state index contributed by atoms with van der Waals surface area (Å²) in [4.78, 5) is 6.84. The topological polar surface area (TPSA) is 42.7 Å². The highest BCUT2D eigenvalue weighted by molar-refractivity contribution is 5.61. The Morgan fingerprint density at radius 2 is 1.84 bits per heavy atom. The lowest BCUT2D eigenvalue weighted by Crippen LogP contribution is -2.38. The molecule has 100 valence electrons. The van der Waals surface area contributed by atoms with E-state index in [0.717, 1.165) is 50.6 Å². The summed E-state index contributed by atoms with van der Waals surface area (Å²) < 4.78 is 7.39. The summed E-state index contributed by atoms with van der Waals surface area (Å²) in [6.07, 6.45) is 8.60. The minimum atomic E-state index is 0.804. The van der Waals surface area contributed by atoms with Gasteiger partial charge in [-0.15, -0.1) is 5.10 Å². The molecule has 1 saturated heterocycles. The van der Waals surface area contributed by atoms with E-state index in [1.165, 1.54) is 24.0 Å². The summed E-state index contributed by atoms with van der Waals surface area (Å²) in [5, 5.41) is 4.80. The van der Waals surface area contributed by atoms with Crippen LogP contribution in [0, 0.1) is 0 Å². The Hall–Kier alpha value is -1.62. The standard InChI is InChI=1S/C14H18N4O/c1-2-4-12-11(3-1)13-15-5-6-18(13)16-14(12)17-7-9-19-10-8-17/h5-6H,1-4,7-10H2. The molecule has 1 aliphatic carbocycles. The van der Waals surface area contributed by atoms with Gasteiger partial charge in [0.2, 0.25) is 0 Å². The Labute approximate surface area is 112 Å². The summed E-state index contributed by atoms with van der Waals surface area (Å²) >= 11 is 0. The zero-order valence-corrected chi connectivity index (χ0v) is 11.0. The Balaban J connectivity index is 1.88. The van der Waals surface area contributed by atoms with Crippen molar-refractivity contribution in [2.45, 2.75) is 25.7 Å². The van der Waals surface area contributed by atoms with Crippen LogP contribution in [-0.4, -0.2) is 40.9 Å². The number of imidazole rings is 1. The molecule has 5 heteroatoms. The Morgan fingerprint density at radius 3 is 2.68 bits per heavy atom. The molecule has 19 heavy (non-hydrogen) atoms. The molecular weight excluding hydrogens is 240 g/mol. The highest BCUT2D eigenvalue weighted by atomic mass is 16.5. The molecule has 0 amide bonds. The fourth-order valence-electron chi connectivity index (χ4n) is 3.18. The number of hydrogen-bond acceptors (Lipinski definition) is 4. The van der Waals surface area contributed by atoms with Gasteiger partial charge in [0.15, 0.2) is 11.5 Å². The summed E-state index contributed by atoms with van der Waals surface area (Å²) in [6, 6.07) is 0. The first-order chi connectivity index (χ1) is 9.43. The molecule has 0 spiro atoms. The van der Waals surface area contributed by atoms with E-state index in [-0.39, 0.29) is 0 Å². The van der Waals surface area contributed by atoms with Crippen LogP contribution in [0.4, 0.5) is 5.82 Å². The predicted octanol–water partition coefficient (Wildman–Crippen LogP) is 1.44. The van der Waals surface area contributed by atoms with Crippen LogP contribution in [0.3, 0.4) is 0 Å². The highest BCUT2D eigenvalue weighted by Gasteiger charge is 2.23. The van der Waals surface area contributed by atoms with Gasteiger partial charge in [0, 0.05) is 36.6 Å². The molecule has 2 aliphatic rings. The van der Waals surface area contributed by atoms with Crippen LogP contribution < -0.4 is 4.90 Å². The summed E-state index contributed by atoms with van der Waals surface area (Å²) in [6.45, 7) is 3.50. The lowest BCUT2D eigenvalue weighted by Gasteiger charge is -2.31. The van der Waals surface area contributed by atoms with Crippen LogP contribution in [0.1, 0.15) is 24.0 Å². The monoisotopic (exact) mass is 258 g/mol. The van der Waals surface area contributed by atoms with Crippen LogP contribution in [0.25, 0.3) is 5.65 Å². The van der Waals surface area contributed by atoms with Crippen LogP contribution in [0.15, 0.2) is 12.4 Å². The molecule has 0 saturated carbocycles. The number of nitrogens with zero attached hydrogens (tertiary/aromatic N) is 4. The maximum Gasteiger partial charge on any atom is 0.157 e. The maximum absolute atomic E-state index is 5.45. The lowest BCUT2D eigenvalue weighted by molar-refractivity contribution is 0.122. The minimum absolute atomic E-state index is 0.804. The number of rotatable bonds is 1. The molecule has 2 aromatic heterocycles. The van der Waals surface area contributed by atoms with Crippen molar-refractivity contribution in [1.82, 2.24) is 14.6 Å². The second-order valence-corrected chi connectivity index (χ2v) is 5.28. The van der Waals surface area contributed by atoms with E-state index in [4.69, 9.17) is 9.84 Å². The highest BCUT2D eigenvalue weighted by Crippen LogP contribution is 2.31. The second-order valence-electron chi connectivity index (χ2n) is 5.28. The van der Waals surface area contributed by atoms with Gasteiger partial charge in [-0.25, -0.2) is 9.50 Å². The summed E-state index contributed by atoms with van der Waals surface area (Å²) in [5.41, 5.74) is 3.88. The first kappa shape index (κ1) is 11.2. The average Bonchev–Trinajstić information content (AvgIpc) is 2.96. The van der Waals surface area contributed by atoms with Gasteiger partial charge in [-0.05, 0) is 25.7 Å². The molecule has 0 N–H and O–H groups in total. The van der Waals surface area contributed by atoms with Gasteiger partial charge in [0.1, 0.15) is 0 Å². The van der Waals surface area contributed by atoms with E-state index in [1.54, 1.807) is 0 Å². The molecule has 1 aliphatic heterocycles. The Morgan fingerprint density at radius 1 is 1.05 bits per heavy atom. The van der Waals surface area contributed by atoms with Gasteiger partial charge < -0.3 is 9.64 Å². The molecule has 0 atom stereocenters. The van der Waals surface area contributed by atoms with E-state index in [9.17, 15) is 0 Å². The van der Waals surface area contributed by atoms with Crippen molar-refractivity contribution in [3.8, 4) is 0 Å². The van der Waals surface area contributed by atoms with E-state index in [2.05, 4.69) is 9.88 Å². The number of morpholine rings is 1. The smallest absolute Gasteiger partial charge is 0.157 e. The number of anilines is 1. The van der Waals surface area contributed by atoms with Crippen molar-refractivity contribution in [3.63, 3.8) is 0 Å². The summed E-state index contributed by atoms with van der Waals surface area (Å²) in [7, 11) is 0. The van der Waals surface area contributed by atoms with Crippen LogP contribution in [0.5, 0.6) is 0 Å².